The van der Waals surface area contributed by atoms with Crippen molar-refractivity contribution < 1.29 is 42.2 Å². The predicted molar refractivity (Wildman–Crippen MR) is 154 cm³/mol. The molecular formula is C33H43F2NO7S. The molecule has 10 atom stereocenters. The standard InChI is InChI=1S/C33H43F2NO7S/c1-14(2)36-26-18-9-19(23(22(18)28(36)37)31(40)43-33-10-15-6-16(11-33)8-17(7-15)12-33)27(26)42-30(39)25-21-5-4-20(44-21)24(25)29(38)41-13-32(3,34)35/h14-27H,4-13H2,1-3H3. The Labute approximate surface area is 261 Å². The highest BCUT2D eigenvalue weighted by molar-refractivity contribution is 8.01. The molecule has 11 heteroatoms. The molecule has 0 N–H and O–H groups in total. The maximum absolute atomic E-state index is 14.2. The van der Waals surface area contributed by atoms with Crippen LogP contribution in [0.5, 0.6) is 0 Å². The van der Waals surface area contributed by atoms with Gasteiger partial charge in [0, 0.05) is 29.4 Å². The molecule has 1 amide bonds. The van der Waals surface area contributed by atoms with Crippen LogP contribution in [0.25, 0.3) is 0 Å². The number of hydrogen-bond donors (Lipinski definition) is 0. The molecule has 9 rings (SSSR count). The minimum absolute atomic E-state index is 0.0547. The van der Waals surface area contributed by atoms with Crippen molar-refractivity contribution in [1.82, 2.24) is 4.90 Å². The van der Waals surface area contributed by atoms with E-state index in [0.717, 1.165) is 25.7 Å². The summed E-state index contributed by atoms with van der Waals surface area (Å²) in [5.74, 6) is -6.19. The number of carbonyl (C=O) groups excluding carboxylic acids is 4. The first kappa shape index (κ1) is 29.5. The van der Waals surface area contributed by atoms with Gasteiger partial charge in [-0.05, 0) is 95.3 Å². The lowest BCUT2D eigenvalue weighted by Crippen LogP contribution is -2.54. The summed E-state index contributed by atoms with van der Waals surface area (Å²) in [7, 11) is 0. The lowest BCUT2D eigenvalue weighted by Gasteiger charge is -2.56. The van der Waals surface area contributed by atoms with Crippen LogP contribution < -0.4 is 0 Å². The van der Waals surface area contributed by atoms with Gasteiger partial charge in [-0.25, -0.2) is 8.78 Å². The molecule has 9 fully saturated rings. The number of nitrogens with zero attached hydrogens (tertiary/aromatic N) is 1. The number of fused-ring (bicyclic) bond motifs is 3. The van der Waals surface area contributed by atoms with E-state index in [-0.39, 0.29) is 46.3 Å². The maximum Gasteiger partial charge on any atom is 0.311 e. The van der Waals surface area contributed by atoms with E-state index in [9.17, 15) is 28.0 Å². The summed E-state index contributed by atoms with van der Waals surface area (Å²) >= 11 is 1.54. The summed E-state index contributed by atoms with van der Waals surface area (Å²) in [4.78, 5) is 56.9. The van der Waals surface area contributed by atoms with Crippen molar-refractivity contribution in [3.63, 3.8) is 0 Å². The fourth-order valence-electron chi connectivity index (χ4n) is 11.6. The Morgan fingerprint density at radius 2 is 1.50 bits per heavy atom. The summed E-state index contributed by atoms with van der Waals surface area (Å²) < 4.78 is 44.8. The van der Waals surface area contributed by atoms with E-state index in [1.165, 1.54) is 31.0 Å². The average Bonchev–Trinajstić information content (AvgIpc) is 3.72. The Morgan fingerprint density at radius 1 is 0.909 bits per heavy atom. The third kappa shape index (κ3) is 4.47. The van der Waals surface area contributed by atoms with E-state index in [2.05, 4.69) is 0 Å². The van der Waals surface area contributed by atoms with Crippen molar-refractivity contribution in [2.75, 3.05) is 6.61 Å². The van der Waals surface area contributed by atoms with E-state index in [1.807, 2.05) is 18.7 Å². The summed E-state index contributed by atoms with van der Waals surface area (Å²) in [6, 6.07) is -0.449. The first-order valence-corrected chi connectivity index (χ1v) is 17.7. The van der Waals surface area contributed by atoms with Gasteiger partial charge >= 0.3 is 17.9 Å². The third-order valence-electron chi connectivity index (χ3n) is 12.6. The Kier molecular flexibility index (Phi) is 6.73. The highest BCUT2D eigenvalue weighted by Gasteiger charge is 2.72. The Hall–Kier alpha value is -1.91. The molecule has 9 aliphatic rings. The monoisotopic (exact) mass is 635 g/mol. The Morgan fingerprint density at radius 3 is 2.07 bits per heavy atom. The minimum atomic E-state index is -3.16. The number of esters is 3. The van der Waals surface area contributed by atoms with E-state index in [4.69, 9.17) is 14.2 Å². The summed E-state index contributed by atoms with van der Waals surface area (Å²) in [5.41, 5.74) is -0.429. The van der Waals surface area contributed by atoms with Gasteiger partial charge in [0.1, 0.15) is 11.7 Å². The molecule has 6 aliphatic carbocycles. The van der Waals surface area contributed by atoms with E-state index in [1.54, 1.807) is 0 Å². The van der Waals surface area contributed by atoms with Crippen LogP contribution in [0.1, 0.15) is 78.6 Å². The Balaban J connectivity index is 1.04. The van der Waals surface area contributed by atoms with Crippen molar-refractivity contribution >= 4 is 35.6 Å². The number of rotatable bonds is 8. The van der Waals surface area contributed by atoms with Gasteiger partial charge in [0.25, 0.3) is 5.92 Å². The number of amides is 1. The fourth-order valence-corrected chi connectivity index (χ4v) is 13.5. The van der Waals surface area contributed by atoms with Crippen LogP contribution >= 0.6 is 11.8 Å². The molecule has 242 valence electrons. The molecule has 44 heavy (non-hydrogen) atoms. The summed E-state index contributed by atoms with van der Waals surface area (Å²) in [5, 5.41) is -0.329. The number of halogens is 2. The molecule has 0 aromatic heterocycles. The second kappa shape index (κ2) is 10.0. The number of likely N-dealkylation sites (tertiary alicyclic amines) is 1. The second-order valence-corrected chi connectivity index (χ2v) is 17.4. The minimum Gasteiger partial charge on any atom is -0.460 e. The number of ether oxygens (including phenoxy) is 3. The van der Waals surface area contributed by atoms with Crippen LogP contribution in [0, 0.1) is 53.3 Å². The molecule has 8 bridgehead atoms. The highest BCUT2D eigenvalue weighted by Crippen LogP contribution is 2.63. The molecule has 3 heterocycles. The van der Waals surface area contributed by atoms with Gasteiger partial charge in [-0.15, -0.1) is 0 Å². The molecular weight excluding hydrogens is 592 g/mol. The van der Waals surface area contributed by atoms with E-state index < -0.39 is 59.8 Å². The molecule has 6 saturated carbocycles. The molecule has 8 nitrogen and oxygen atoms in total. The van der Waals surface area contributed by atoms with E-state index >= 15 is 0 Å². The fraction of sp³-hybridized carbons (Fsp3) is 0.879. The quantitative estimate of drug-likeness (QED) is 0.282. The zero-order valence-electron chi connectivity index (χ0n) is 25.6. The molecule has 0 radical (unpaired) electrons. The lowest BCUT2D eigenvalue weighted by molar-refractivity contribution is -0.197. The molecule has 0 aromatic rings. The number of alkyl halides is 2. The first-order valence-electron chi connectivity index (χ1n) is 16.8. The topological polar surface area (TPSA) is 99.2 Å². The van der Waals surface area contributed by atoms with E-state index in [0.29, 0.717) is 37.5 Å². The van der Waals surface area contributed by atoms with Gasteiger partial charge in [0.05, 0.1) is 29.7 Å². The molecule has 10 unspecified atom stereocenters. The molecule has 0 spiro atoms. The SMILES string of the molecule is CC(C)N1C(=O)C2C3CC(C(OC(=O)C4C5CCC(S5)C4C(=O)OCC(C)(F)F)C31)C2C(=O)OC12CC3CC(CC(C3)C1)C2. The number of hydrogen-bond acceptors (Lipinski definition) is 8. The van der Waals surface area contributed by atoms with Gasteiger partial charge < -0.3 is 19.1 Å². The largest absolute Gasteiger partial charge is 0.460 e. The highest BCUT2D eigenvalue weighted by atomic mass is 32.2. The van der Waals surface area contributed by atoms with Gasteiger partial charge in [-0.2, -0.15) is 11.8 Å². The van der Waals surface area contributed by atoms with Crippen LogP contribution in [-0.4, -0.2) is 75.5 Å². The molecule has 3 aliphatic heterocycles. The summed E-state index contributed by atoms with van der Waals surface area (Å²) in [6.45, 7) is 3.55. The number of thioether (sulfide) groups is 1. The van der Waals surface area contributed by atoms with Crippen LogP contribution in [0.3, 0.4) is 0 Å². The predicted octanol–water partition coefficient (Wildman–Crippen LogP) is 4.62. The van der Waals surface area contributed by atoms with Crippen LogP contribution in [0.15, 0.2) is 0 Å². The second-order valence-electron chi connectivity index (χ2n) is 15.9. The van der Waals surface area contributed by atoms with Crippen molar-refractivity contribution in [3.05, 3.63) is 0 Å². The maximum atomic E-state index is 14.2. The van der Waals surface area contributed by atoms with Crippen LogP contribution in [0.4, 0.5) is 8.78 Å². The molecule has 0 aromatic carbocycles. The van der Waals surface area contributed by atoms with Crippen molar-refractivity contribution in [2.24, 2.45) is 53.3 Å². The lowest BCUT2D eigenvalue weighted by atomic mass is 9.54. The van der Waals surface area contributed by atoms with Gasteiger partial charge in [-0.3, -0.25) is 19.2 Å². The Bertz CT molecular complexity index is 1230. The third-order valence-corrected chi connectivity index (χ3v) is 14.3. The normalized spacial score (nSPS) is 47.6. The van der Waals surface area contributed by atoms with Gasteiger partial charge in [-0.1, -0.05) is 0 Å². The average molecular weight is 636 g/mol. The van der Waals surface area contributed by atoms with Crippen LogP contribution in [-0.2, 0) is 33.4 Å². The van der Waals surface area contributed by atoms with Crippen LogP contribution in [0.2, 0.25) is 0 Å². The van der Waals surface area contributed by atoms with Crippen molar-refractivity contribution in [2.45, 2.75) is 119 Å². The smallest absolute Gasteiger partial charge is 0.311 e. The van der Waals surface area contributed by atoms with Crippen molar-refractivity contribution in [1.29, 1.82) is 0 Å². The summed E-state index contributed by atoms with van der Waals surface area (Å²) in [6.07, 6.45) is 7.81. The molecule has 3 saturated heterocycles. The van der Waals surface area contributed by atoms with Gasteiger partial charge in [0.2, 0.25) is 5.91 Å². The number of carbonyl (C=O) groups is 4. The zero-order valence-corrected chi connectivity index (χ0v) is 26.4. The van der Waals surface area contributed by atoms with Gasteiger partial charge in [0.15, 0.2) is 6.61 Å². The van der Waals surface area contributed by atoms with Crippen molar-refractivity contribution in [3.8, 4) is 0 Å². The zero-order chi connectivity index (χ0) is 30.9. The first-order chi connectivity index (χ1) is 20.8.